The zero-order chi connectivity index (χ0) is 48.9. The second kappa shape index (κ2) is 20.6. The van der Waals surface area contributed by atoms with E-state index in [1.54, 1.807) is 32.7 Å². The monoisotopic (exact) mass is 946 g/mol. The number of piperazine rings is 2. The number of hydrogen-bond acceptors (Lipinski definition) is 17. The average Bonchev–Trinajstić information content (AvgIpc) is 3.96. The zero-order valence-corrected chi connectivity index (χ0v) is 40.3. The van der Waals surface area contributed by atoms with Crippen LogP contribution >= 0.6 is 0 Å². The Labute approximate surface area is 405 Å². The minimum absolute atomic E-state index is 0.0274. The number of aromatic nitrogens is 8. The van der Waals surface area contributed by atoms with Crippen molar-refractivity contribution in [1.82, 2.24) is 49.3 Å². The smallest absolute Gasteiger partial charge is 0.294 e. The Morgan fingerprint density at radius 2 is 1.07 bits per heavy atom. The van der Waals surface area contributed by atoms with Gasteiger partial charge >= 0.3 is 0 Å². The quantitative estimate of drug-likeness (QED) is 0.0586. The predicted octanol–water partition coefficient (Wildman–Crippen LogP) is 7.34. The number of nitrogens with two attached hydrogens (primary N) is 1. The van der Waals surface area contributed by atoms with Gasteiger partial charge in [-0.25, -0.2) is 19.9 Å². The molecule has 0 radical (unpaired) electrons. The van der Waals surface area contributed by atoms with Crippen LogP contribution in [0.5, 0.6) is 11.5 Å². The number of benzene rings is 4. The number of nitro groups is 1. The van der Waals surface area contributed by atoms with E-state index in [9.17, 15) is 10.1 Å². The second-order valence-corrected chi connectivity index (χ2v) is 17.2. The minimum Gasteiger partial charge on any atom is -0.494 e. The summed E-state index contributed by atoms with van der Waals surface area (Å²) < 4.78 is 15.0. The molecule has 10 rings (SSSR count). The first-order chi connectivity index (χ1) is 34.0. The van der Waals surface area contributed by atoms with Gasteiger partial charge in [-0.1, -0.05) is 26.0 Å². The van der Waals surface area contributed by atoms with Crippen LogP contribution in [0.1, 0.15) is 13.8 Å². The number of nitro benzene ring substituents is 1. The van der Waals surface area contributed by atoms with E-state index >= 15 is 0 Å². The molecule has 0 saturated carbocycles. The van der Waals surface area contributed by atoms with E-state index in [0.29, 0.717) is 34.4 Å². The molecule has 0 spiro atoms. The Morgan fingerprint density at radius 1 is 0.614 bits per heavy atom. The molecule has 0 amide bonds. The van der Waals surface area contributed by atoms with Gasteiger partial charge in [0.2, 0.25) is 0 Å². The van der Waals surface area contributed by atoms with Crippen LogP contribution in [-0.2, 0) is 14.1 Å². The molecule has 4 aromatic carbocycles. The molecule has 8 aromatic rings. The van der Waals surface area contributed by atoms with Crippen molar-refractivity contribution in [1.29, 1.82) is 0 Å². The number of nitrogen functional groups attached to an aromatic ring is 1. The van der Waals surface area contributed by atoms with Crippen LogP contribution in [0, 0.1) is 10.1 Å². The number of rotatable bonds is 13. The Hall–Kier alpha value is -8.10. The zero-order valence-electron chi connectivity index (χ0n) is 40.3. The lowest BCUT2D eigenvalue weighted by Crippen LogP contribution is -2.46. The summed E-state index contributed by atoms with van der Waals surface area (Å²) in [6, 6.07) is 23.1. The molecule has 0 unspecified atom stereocenters. The van der Waals surface area contributed by atoms with E-state index in [0.717, 1.165) is 127 Å². The van der Waals surface area contributed by atoms with E-state index < -0.39 is 0 Å². The standard InChI is InChI=1S/C25H28N8O3.C25H30N8O/c1-4-31-7-9-32(10-8-31)22-14-24(36-3)20(12-23(22)33(34)35)29-25-13-19(26-16-27-25)17-5-6-21-18(11-17)15-28-30(21)2;1-4-32-7-9-33(10-8-32)23-14-24(34-3)21(12-19(23)26)30-25-13-20(27-16-28-25)17-5-6-22-18(11-17)15-29-31(22)2/h5-6,11-16H,4,7-10H2,1-3H3,(H,26,27,29);5-6,11-16H,4,7-10,26H2,1-3H3,(H,27,28,30). The molecule has 2 aliphatic rings. The Kier molecular flexibility index (Phi) is 13.9. The highest BCUT2D eigenvalue weighted by Gasteiger charge is 2.27. The summed E-state index contributed by atoms with van der Waals surface area (Å²) in [5.74, 6) is 2.39. The van der Waals surface area contributed by atoms with Crippen LogP contribution < -0.4 is 35.6 Å². The summed E-state index contributed by atoms with van der Waals surface area (Å²) in [6.07, 6.45) is 6.69. The first kappa shape index (κ1) is 47.0. The van der Waals surface area contributed by atoms with E-state index in [-0.39, 0.29) is 10.6 Å². The third kappa shape index (κ3) is 10.0. The van der Waals surface area contributed by atoms with Crippen molar-refractivity contribution < 1.29 is 14.4 Å². The Bertz CT molecular complexity index is 3140. The maximum Gasteiger partial charge on any atom is 0.294 e. The normalized spacial score (nSPS) is 14.4. The third-order valence-corrected chi connectivity index (χ3v) is 13.1. The number of methoxy groups -OCH3 is 2. The predicted molar refractivity (Wildman–Crippen MR) is 276 cm³/mol. The maximum atomic E-state index is 12.0. The molecule has 4 N–H and O–H groups in total. The molecule has 2 aliphatic heterocycles. The van der Waals surface area contributed by atoms with Crippen molar-refractivity contribution in [2.45, 2.75) is 13.8 Å². The SMILES string of the molecule is CCN1CCN(c2cc(OC)c(Nc3cc(-c4ccc5c(cnn5C)c4)ncn3)cc2N)CC1.CCN1CCN(c2cc(OC)c(Nc3cc(-c4ccc5c(cnn5C)c4)ncn3)cc2[N+](=O)[O-])CC1. The van der Waals surface area contributed by atoms with Crippen molar-refractivity contribution in [2.24, 2.45) is 14.1 Å². The molecule has 0 aliphatic carbocycles. The van der Waals surface area contributed by atoms with Gasteiger partial charge in [0.25, 0.3) is 5.69 Å². The van der Waals surface area contributed by atoms with E-state index in [2.05, 4.69) is 81.4 Å². The molecule has 20 heteroatoms. The highest BCUT2D eigenvalue weighted by Crippen LogP contribution is 2.41. The largest absolute Gasteiger partial charge is 0.494 e. The molecule has 362 valence electrons. The number of hydrogen-bond donors (Lipinski definition) is 3. The van der Waals surface area contributed by atoms with Crippen molar-refractivity contribution in [2.75, 3.05) is 106 Å². The van der Waals surface area contributed by atoms with Crippen molar-refractivity contribution >= 4 is 67.6 Å². The van der Waals surface area contributed by atoms with Gasteiger partial charge in [0.05, 0.1) is 76.7 Å². The van der Waals surface area contributed by atoms with E-state index in [1.165, 1.54) is 12.4 Å². The third-order valence-electron chi connectivity index (χ3n) is 13.1. The number of nitrogens with one attached hydrogen (secondary N) is 2. The number of anilines is 7. The summed E-state index contributed by atoms with van der Waals surface area (Å²) >= 11 is 0. The highest BCUT2D eigenvalue weighted by molar-refractivity contribution is 5.86. The van der Waals surface area contributed by atoms with Crippen LogP contribution in [-0.4, -0.2) is 134 Å². The molecule has 6 heterocycles. The summed E-state index contributed by atoms with van der Waals surface area (Å²) in [7, 11) is 7.06. The fraction of sp³-hybridized carbons (Fsp3) is 0.320. The molecule has 4 aromatic heterocycles. The Morgan fingerprint density at radius 3 is 1.53 bits per heavy atom. The van der Waals surface area contributed by atoms with Gasteiger partial charge < -0.3 is 45.4 Å². The molecule has 0 bridgehead atoms. The lowest BCUT2D eigenvalue weighted by Gasteiger charge is -2.36. The highest BCUT2D eigenvalue weighted by atomic mass is 16.6. The van der Waals surface area contributed by atoms with Gasteiger partial charge in [-0.2, -0.15) is 10.2 Å². The lowest BCUT2D eigenvalue weighted by molar-refractivity contribution is -0.384. The van der Waals surface area contributed by atoms with E-state index in [4.69, 9.17) is 15.2 Å². The Balaban J connectivity index is 0.000000174. The molecule has 2 fully saturated rings. The molecular formula is C50H58N16O4. The van der Waals surface area contributed by atoms with Gasteiger partial charge in [0.15, 0.2) is 0 Å². The molecule has 2 saturated heterocycles. The summed E-state index contributed by atoms with van der Waals surface area (Å²) in [6.45, 7) is 13.5. The number of fused-ring (bicyclic) bond motifs is 2. The van der Waals surface area contributed by atoms with Gasteiger partial charge in [-0.15, -0.1) is 0 Å². The maximum absolute atomic E-state index is 12.0. The molecular weight excluding hydrogens is 889 g/mol. The van der Waals surface area contributed by atoms with Crippen molar-refractivity contribution in [3.05, 3.63) is 108 Å². The topological polar surface area (TPSA) is 212 Å². The molecule has 70 heavy (non-hydrogen) atoms. The minimum atomic E-state index is -0.347. The van der Waals surface area contributed by atoms with E-state index in [1.807, 2.05) is 83.2 Å². The van der Waals surface area contributed by atoms with Crippen LogP contribution in [0.2, 0.25) is 0 Å². The lowest BCUT2D eigenvalue weighted by atomic mass is 10.1. The van der Waals surface area contributed by atoms with Crippen LogP contribution in [0.25, 0.3) is 44.3 Å². The van der Waals surface area contributed by atoms with Gasteiger partial charge in [0, 0.05) is 119 Å². The van der Waals surface area contributed by atoms with Crippen LogP contribution in [0.3, 0.4) is 0 Å². The number of aryl methyl sites for hydroxylation is 2. The average molecular weight is 947 g/mol. The van der Waals surface area contributed by atoms with Gasteiger partial charge in [-0.3, -0.25) is 19.5 Å². The number of nitrogens with zero attached hydrogens (tertiary/aromatic N) is 13. The molecule has 0 atom stereocenters. The fourth-order valence-corrected chi connectivity index (χ4v) is 9.05. The summed E-state index contributed by atoms with van der Waals surface area (Å²) in [4.78, 5) is 38.4. The summed E-state index contributed by atoms with van der Waals surface area (Å²) in [5.41, 5.74) is 15.6. The van der Waals surface area contributed by atoms with Crippen LogP contribution in [0.15, 0.2) is 97.8 Å². The summed E-state index contributed by atoms with van der Waals surface area (Å²) in [5, 5.41) is 29.2. The number of likely N-dealkylation sites (N-methyl/N-ethyl adjacent to an activating group) is 2. The van der Waals surface area contributed by atoms with Crippen molar-refractivity contribution in [3.8, 4) is 34.0 Å². The van der Waals surface area contributed by atoms with Crippen molar-refractivity contribution in [3.63, 3.8) is 0 Å². The first-order valence-corrected chi connectivity index (χ1v) is 23.3. The van der Waals surface area contributed by atoms with Crippen LogP contribution in [0.4, 0.5) is 45.8 Å². The number of ether oxygens (including phenoxy) is 2. The fourth-order valence-electron chi connectivity index (χ4n) is 9.05. The second-order valence-electron chi connectivity index (χ2n) is 17.2. The van der Waals surface area contributed by atoms with Gasteiger partial charge in [-0.05, 0) is 43.4 Å². The first-order valence-electron chi connectivity index (χ1n) is 23.3. The van der Waals surface area contributed by atoms with Gasteiger partial charge in [0.1, 0.15) is 41.5 Å². The molecule has 20 nitrogen and oxygen atoms in total.